The van der Waals surface area contributed by atoms with Crippen molar-refractivity contribution < 1.29 is 17.9 Å². The fourth-order valence-corrected chi connectivity index (χ4v) is 2.66. The maximum absolute atomic E-state index is 13.0. The van der Waals surface area contributed by atoms with E-state index in [1.807, 2.05) is 0 Å². The molecule has 0 saturated carbocycles. The van der Waals surface area contributed by atoms with Crippen molar-refractivity contribution in [2.75, 3.05) is 0 Å². The van der Waals surface area contributed by atoms with E-state index in [-0.39, 0.29) is 12.3 Å². The largest absolute Gasteiger partial charge is 0.489 e. The minimum Gasteiger partial charge on any atom is -0.489 e. The first-order valence-corrected chi connectivity index (χ1v) is 8.42. The Hall–Kier alpha value is -3.00. The van der Waals surface area contributed by atoms with Gasteiger partial charge in [0.05, 0.1) is 5.69 Å². The highest BCUT2D eigenvalue weighted by molar-refractivity contribution is 6.30. The van der Waals surface area contributed by atoms with Gasteiger partial charge >= 0.3 is 11.9 Å². The molecule has 2 aromatic carbocycles. The molecular formula is C19H14ClF3N2O3. The molecule has 1 aromatic heterocycles. The third-order valence-corrected chi connectivity index (χ3v) is 4.22. The van der Waals surface area contributed by atoms with Crippen molar-refractivity contribution in [1.29, 1.82) is 0 Å². The summed E-state index contributed by atoms with van der Waals surface area (Å²) < 4.78 is 45.9. The lowest BCUT2D eigenvalue weighted by Gasteiger charge is -2.13. The molecule has 0 aliphatic rings. The summed E-state index contributed by atoms with van der Waals surface area (Å²) in [6, 6.07) is 12.7. The number of aryl methyl sites for hydroxylation is 1. The highest BCUT2D eigenvalue weighted by Gasteiger charge is 2.36. The fourth-order valence-electron chi connectivity index (χ4n) is 2.53. The second-order valence-electron chi connectivity index (χ2n) is 5.98. The van der Waals surface area contributed by atoms with Gasteiger partial charge in [-0.25, -0.2) is 9.36 Å². The molecule has 28 heavy (non-hydrogen) atoms. The van der Waals surface area contributed by atoms with Crippen LogP contribution in [-0.2, 0) is 19.8 Å². The first-order chi connectivity index (χ1) is 13.2. The lowest BCUT2D eigenvalue weighted by Crippen LogP contribution is -2.41. The van der Waals surface area contributed by atoms with Gasteiger partial charge in [0, 0.05) is 18.3 Å². The summed E-state index contributed by atoms with van der Waals surface area (Å²) >= 11 is 5.81. The predicted octanol–water partition coefficient (Wildman–Crippen LogP) is 3.79. The van der Waals surface area contributed by atoms with Crippen LogP contribution in [0.4, 0.5) is 13.2 Å². The molecule has 3 aromatic rings. The Morgan fingerprint density at radius 1 is 1.00 bits per heavy atom. The maximum Gasteiger partial charge on any atom is 0.423 e. The minimum absolute atomic E-state index is 0.00976. The van der Waals surface area contributed by atoms with Crippen LogP contribution in [0.15, 0.2) is 64.3 Å². The molecule has 0 saturated heterocycles. The van der Waals surface area contributed by atoms with Gasteiger partial charge in [0.15, 0.2) is 0 Å². The summed E-state index contributed by atoms with van der Waals surface area (Å²) in [4.78, 5) is 24.4. The highest BCUT2D eigenvalue weighted by atomic mass is 35.5. The molecular weight excluding hydrogens is 397 g/mol. The number of aromatic nitrogens is 2. The Bertz CT molecular complexity index is 1100. The number of hydrogen-bond donors (Lipinski definition) is 0. The SMILES string of the molecule is Cn1cc(C(F)(F)F)c(=O)n(-c2ccc(OCc3ccc(Cl)cc3)cc2)c1=O. The van der Waals surface area contributed by atoms with Crippen LogP contribution < -0.4 is 16.0 Å². The molecule has 9 heteroatoms. The van der Waals surface area contributed by atoms with Crippen molar-refractivity contribution in [1.82, 2.24) is 9.13 Å². The smallest absolute Gasteiger partial charge is 0.423 e. The van der Waals surface area contributed by atoms with Crippen molar-refractivity contribution >= 4 is 11.6 Å². The number of nitrogens with zero attached hydrogens (tertiary/aromatic N) is 2. The van der Waals surface area contributed by atoms with E-state index >= 15 is 0 Å². The van der Waals surface area contributed by atoms with E-state index in [1.165, 1.54) is 24.3 Å². The van der Waals surface area contributed by atoms with Gasteiger partial charge in [-0.3, -0.25) is 4.79 Å². The zero-order chi connectivity index (χ0) is 20.5. The van der Waals surface area contributed by atoms with Crippen LogP contribution in [0, 0.1) is 0 Å². The Labute approximate surface area is 162 Å². The van der Waals surface area contributed by atoms with Crippen molar-refractivity contribution in [3.8, 4) is 11.4 Å². The second-order valence-corrected chi connectivity index (χ2v) is 6.42. The van der Waals surface area contributed by atoms with Gasteiger partial charge in [0.1, 0.15) is 17.9 Å². The average Bonchev–Trinajstić information content (AvgIpc) is 2.64. The molecule has 3 rings (SSSR count). The van der Waals surface area contributed by atoms with E-state index in [0.717, 1.165) is 17.2 Å². The zero-order valence-electron chi connectivity index (χ0n) is 14.5. The van der Waals surface area contributed by atoms with E-state index in [9.17, 15) is 22.8 Å². The molecule has 0 aliphatic carbocycles. The van der Waals surface area contributed by atoms with Crippen LogP contribution in [0.3, 0.4) is 0 Å². The summed E-state index contributed by atoms with van der Waals surface area (Å²) in [5.74, 6) is 0.426. The molecule has 0 N–H and O–H groups in total. The molecule has 0 bridgehead atoms. The third kappa shape index (κ3) is 4.12. The average molecular weight is 411 g/mol. The van der Waals surface area contributed by atoms with Gasteiger partial charge in [-0.2, -0.15) is 13.2 Å². The van der Waals surface area contributed by atoms with Crippen LogP contribution in [0.2, 0.25) is 5.02 Å². The predicted molar refractivity (Wildman–Crippen MR) is 98.1 cm³/mol. The molecule has 0 aliphatic heterocycles. The summed E-state index contributed by atoms with van der Waals surface area (Å²) in [5.41, 5.74) is -2.84. The first kappa shape index (κ1) is 19.8. The van der Waals surface area contributed by atoms with Gasteiger partial charge in [-0.15, -0.1) is 0 Å². The molecule has 1 heterocycles. The number of rotatable bonds is 4. The topological polar surface area (TPSA) is 53.2 Å². The zero-order valence-corrected chi connectivity index (χ0v) is 15.3. The van der Waals surface area contributed by atoms with Gasteiger partial charge in [0.25, 0.3) is 5.56 Å². The standard InChI is InChI=1S/C19H14ClF3N2O3/c1-24-10-16(19(21,22)23)17(26)25(18(24)27)14-6-8-15(9-7-14)28-11-12-2-4-13(20)5-3-12/h2-10H,11H2,1H3. The lowest BCUT2D eigenvalue weighted by molar-refractivity contribution is -0.139. The van der Waals surface area contributed by atoms with Crippen molar-refractivity contribution in [3.05, 3.63) is 91.7 Å². The van der Waals surface area contributed by atoms with Crippen LogP contribution in [0.1, 0.15) is 11.1 Å². The first-order valence-electron chi connectivity index (χ1n) is 8.04. The van der Waals surface area contributed by atoms with Crippen molar-refractivity contribution in [3.63, 3.8) is 0 Å². The molecule has 0 amide bonds. The Morgan fingerprint density at radius 3 is 2.18 bits per heavy atom. The van der Waals surface area contributed by atoms with Crippen LogP contribution >= 0.6 is 11.6 Å². The molecule has 0 radical (unpaired) electrons. The highest BCUT2D eigenvalue weighted by Crippen LogP contribution is 2.26. The minimum atomic E-state index is -4.87. The molecule has 146 valence electrons. The molecule has 0 fully saturated rings. The summed E-state index contributed by atoms with van der Waals surface area (Å²) in [6.45, 7) is 0.252. The number of benzene rings is 2. The van der Waals surface area contributed by atoms with E-state index in [0.29, 0.717) is 21.5 Å². The van der Waals surface area contributed by atoms with Crippen LogP contribution in [0.25, 0.3) is 5.69 Å². The normalized spacial score (nSPS) is 11.5. The van der Waals surface area contributed by atoms with Crippen molar-refractivity contribution in [2.24, 2.45) is 7.05 Å². The number of halogens is 4. The van der Waals surface area contributed by atoms with Crippen LogP contribution in [-0.4, -0.2) is 9.13 Å². The number of alkyl halides is 3. The second kappa shape index (κ2) is 7.55. The monoisotopic (exact) mass is 410 g/mol. The Balaban J connectivity index is 1.89. The summed E-state index contributed by atoms with van der Waals surface area (Å²) in [6.07, 6.45) is -4.38. The van der Waals surface area contributed by atoms with E-state index in [2.05, 4.69) is 0 Å². The van der Waals surface area contributed by atoms with Gasteiger partial charge in [-0.1, -0.05) is 23.7 Å². The van der Waals surface area contributed by atoms with E-state index < -0.39 is 23.0 Å². The number of ether oxygens (including phenoxy) is 1. The molecule has 0 spiro atoms. The van der Waals surface area contributed by atoms with Gasteiger partial charge < -0.3 is 9.30 Å². The molecule has 0 atom stereocenters. The van der Waals surface area contributed by atoms with E-state index in [1.54, 1.807) is 24.3 Å². The maximum atomic E-state index is 13.0. The molecule has 5 nitrogen and oxygen atoms in total. The summed E-state index contributed by atoms with van der Waals surface area (Å²) in [7, 11) is 1.15. The quantitative estimate of drug-likeness (QED) is 0.657. The third-order valence-electron chi connectivity index (χ3n) is 3.97. The fraction of sp³-hybridized carbons (Fsp3) is 0.158. The molecule has 0 unspecified atom stereocenters. The Morgan fingerprint density at radius 2 is 1.61 bits per heavy atom. The van der Waals surface area contributed by atoms with Crippen molar-refractivity contribution in [2.45, 2.75) is 12.8 Å². The summed E-state index contributed by atoms with van der Waals surface area (Å²) in [5, 5.41) is 0.598. The van der Waals surface area contributed by atoms with Gasteiger partial charge in [-0.05, 0) is 42.0 Å². The Kier molecular flexibility index (Phi) is 5.33. The lowest BCUT2D eigenvalue weighted by atomic mass is 10.2. The van der Waals surface area contributed by atoms with Gasteiger partial charge in [0.2, 0.25) is 0 Å². The van der Waals surface area contributed by atoms with Crippen LogP contribution in [0.5, 0.6) is 5.75 Å². The number of hydrogen-bond acceptors (Lipinski definition) is 3. The van der Waals surface area contributed by atoms with E-state index in [4.69, 9.17) is 16.3 Å².